The number of aromatic nitrogens is 1. The molecule has 10 nitrogen and oxygen atoms in total. The molecule has 2 aromatic carbocycles. The standard InChI is InChI=1S/C21H16Cl2N2O8/c1-3-30-20(28)8-5-10-18(14(22)16(8)26)32-12(24-10)7-13-25-11-6-9(21(29)31-4-2)17(27)15(23)19(11)33-13/h5-7,24,26-27H,3-4H2,1-2H3/b12-7+. The van der Waals surface area contributed by atoms with Gasteiger partial charge < -0.3 is 34.2 Å². The molecule has 0 fully saturated rings. The highest BCUT2D eigenvalue weighted by Crippen LogP contribution is 2.47. The lowest BCUT2D eigenvalue weighted by atomic mass is 10.1. The first-order valence-electron chi connectivity index (χ1n) is 9.63. The van der Waals surface area contributed by atoms with E-state index < -0.39 is 23.4 Å². The normalized spacial score (nSPS) is 13.5. The van der Waals surface area contributed by atoms with Crippen molar-refractivity contribution in [3.8, 4) is 17.2 Å². The van der Waals surface area contributed by atoms with Gasteiger partial charge in [0.25, 0.3) is 0 Å². The lowest BCUT2D eigenvalue weighted by molar-refractivity contribution is 0.0513. The van der Waals surface area contributed by atoms with E-state index in [1.54, 1.807) is 13.8 Å². The second-order valence-electron chi connectivity index (χ2n) is 6.63. The number of phenols is 2. The molecule has 0 amide bonds. The first kappa shape index (κ1) is 22.6. The smallest absolute Gasteiger partial charge is 0.342 e. The molecule has 0 aliphatic carbocycles. The van der Waals surface area contributed by atoms with E-state index in [9.17, 15) is 19.8 Å². The maximum atomic E-state index is 12.1. The van der Waals surface area contributed by atoms with Crippen LogP contribution in [0.15, 0.2) is 22.4 Å². The molecule has 33 heavy (non-hydrogen) atoms. The predicted octanol–water partition coefficient (Wildman–Crippen LogP) is 4.70. The van der Waals surface area contributed by atoms with Gasteiger partial charge in [0, 0.05) is 0 Å². The van der Waals surface area contributed by atoms with Gasteiger partial charge >= 0.3 is 11.9 Å². The minimum Gasteiger partial charge on any atom is -0.505 e. The first-order valence-corrected chi connectivity index (χ1v) is 10.4. The molecular formula is C21H16Cl2N2O8. The van der Waals surface area contributed by atoms with Crippen LogP contribution in [-0.2, 0) is 9.47 Å². The quantitative estimate of drug-likeness (QED) is 0.337. The zero-order valence-electron chi connectivity index (χ0n) is 17.2. The summed E-state index contributed by atoms with van der Waals surface area (Å²) >= 11 is 12.3. The Morgan fingerprint density at radius 3 is 2.30 bits per heavy atom. The molecular weight excluding hydrogens is 479 g/mol. The number of benzene rings is 2. The average molecular weight is 495 g/mol. The van der Waals surface area contributed by atoms with Crippen molar-refractivity contribution >= 4 is 58.0 Å². The summed E-state index contributed by atoms with van der Waals surface area (Å²) < 4.78 is 21.0. The largest absolute Gasteiger partial charge is 0.505 e. The Balaban J connectivity index is 1.68. The molecule has 1 aliphatic rings. The molecule has 0 saturated heterocycles. The van der Waals surface area contributed by atoms with E-state index in [-0.39, 0.29) is 63.0 Å². The highest BCUT2D eigenvalue weighted by Gasteiger charge is 2.28. The topological polar surface area (TPSA) is 140 Å². The lowest BCUT2D eigenvalue weighted by Crippen LogP contribution is -2.05. The fraction of sp³-hybridized carbons (Fsp3) is 0.190. The third kappa shape index (κ3) is 3.98. The summed E-state index contributed by atoms with van der Waals surface area (Å²) in [6, 6.07) is 2.63. The second-order valence-corrected chi connectivity index (χ2v) is 7.38. The molecule has 4 rings (SSSR count). The number of hydrogen-bond acceptors (Lipinski definition) is 10. The van der Waals surface area contributed by atoms with Crippen LogP contribution in [0.1, 0.15) is 40.5 Å². The number of nitrogens with one attached hydrogen (secondary N) is 1. The number of rotatable bonds is 5. The second kappa shape index (κ2) is 8.72. The van der Waals surface area contributed by atoms with Crippen LogP contribution in [-0.4, -0.2) is 40.3 Å². The summed E-state index contributed by atoms with van der Waals surface area (Å²) in [4.78, 5) is 28.3. The fourth-order valence-corrected chi connectivity index (χ4v) is 3.57. The number of carbonyl (C=O) groups excluding carboxylic acids is 2. The molecule has 1 aliphatic heterocycles. The monoisotopic (exact) mass is 494 g/mol. The molecule has 0 atom stereocenters. The Bertz CT molecular complexity index is 1330. The maximum Gasteiger partial charge on any atom is 0.342 e. The Kier molecular flexibility index (Phi) is 5.96. The number of hydrogen-bond donors (Lipinski definition) is 3. The van der Waals surface area contributed by atoms with Gasteiger partial charge in [0.15, 0.2) is 22.8 Å². The Morgan fingerprint density at radius 2 is 1.67 bits per heavy atom. The summed E-state index contributed by atoms with van der Waals surface area (Å²) in [5.74, 6) is -2.25. The molecule has 2 heterocycles. The van der Waals surface area contributed by atoms with Crippen LogP contribution in [0.4, 0.5) is 5.69 Å². The van der Waals surface area contributed by atoms with Gasteiger partial charge in [-0.05, 0) is 26.0 Å². The van der Waals surface area contributed by atoms with Crippen LogP contribution in [0.2, 0.25) is 10.0 Å². The molecule has 0 bridgehead atoms. The predicted molar refractivity (Wildman–Crippen MR) is 118 cm³/mol. The Morgan fingerprint density at radius 1 is 1.06 bits per heavy atom. The number of anilines is 1. The van der Waals surface area contributed by atoms with E-state index in [0.717, 1.165) is 0 Å². The SMILES string of the molecule is CCOC(=O)c1cc2c(c(Cl)c1O)O/C(=C/c1nc3cc(C(=O)OCC)c(O)c(Cl)c3o1)N2. The number of esters is 2. The van der Waals surface area contributed by atoms with Crippen molar-refractivity contribution in [2.45, 2.75) is 13.8 Å². The minimum atomic E-state index is -0.759. The molecule has 0 saturated carbocycles. The summed E-state index contributed by atoms with van der Waals surface area (Å²) in [5, 5.41) is 22.9. The third-order valence-corrected chi connectivity index (χ3v) is 5.23. The number of aromatic hydroxyl groups is 2. The lowest BCUT2D eigenvalue weighted by Gasteiger charge is -2.08. The van der Waals surface area contributed by atoms with Crippen molar-refractivity contribution in [1.29, 1.82) is 0 Å². The highest BCUT2D eigenvalue weighted by molar-refractivity contribution is 6.37. The van der Waals surface area contributed by atoms with Gasteiger partial charge in [0.2, 0.25) is 11.8 Å². The van der Waals surface area contributed by atoms with E-state index in [0.29, 0.717) is 5.69 Å². The molecule has 3 N–H and O–H groups in total. The van der Waals surface area contributed by atoms with Gasteiger partial charge in [-0.2, -0.15) is 0 Å². The molecule has 0 spiro atoms. The maximum absolute atomic E-state index is 12.1. The molecule has 0 radical (unpaired) electrons. The van der Waals surface area contributed by atoms with Crippen molar-refractivity contribution in [2.75, 3.05) is 18.5 Å². The summed E-state index contributed by atoms with van der Waals surface area (Å²) in [6.45, 7) is 3.50. The number of oxazole rings is 1. The van der Waals surface area contributed by atoms with Crippen LogP contribution < -0.4 is 10.1 Å². The number of fused-ring (bicyclic) bond motifs is 2. The van der Waals surface area contributed by atoms with Crippen molar-refractivity contribution in [3.63, 3.8) is 0 Å². The van der Waals surface area contributed by atoms with E-state index in [1.165, 1.54) is 18.2 Å². The van der Waals surface area contributed by atoms with Crippen LogP contribution in [0.3, 0.4) is 0 Å². The number of halogens is 2. The van der Waals surface area contributed by atoms with Gasteiger partial charge in [0.1, 0.15) is 26.7 Å². The Labute approximate surface area is 196 Å². The minimum absolute atomic E-state index is 0.0218. The van der Waals surface area contributed by atoms with Gasteiger partial charge in [-0.3, -0.25) is 0 Å². The van der Waals surface area contributed by atoms with Gasteiger partial charge in [-0.15, -0.1) is 0 Å². The van der Waals surface area contributed by atoms with Crippen LogP contribution in [0.25, 0.3) is 17.2 Å². The molecule has 1 aromatic heterocycles. The summed E-state index contributed by atoms with van der Waals surface area (Å²) in [6.07, 6.45) is 1.36. The number of nitrogens with zero attached hydrogens (tertiary/aromatic N) is 1. The van der Waals surface area contributed by atoms with E-state index in [4.69, 9.17) is 41.8 Å². The number of phenolic OH excluding ortho intramolecular Hbond substituents is 2. The zero-order valence-corrected chi connectivity index (χ0v) is 18.7. The Hall–Kier alpha value is -3.63. The molecule has 12 heteroatoms. The molecule has 3 aromatic rings. The highest BCUT2D eigenvalue weighted by atomic mass is 35.5. The molecule has 172 valence electrons. The van der Waals surface area contributed by atoms with Crippen molar-refractivity contribution < 1.29 is 38.4 Å². The van der Waals surface area contributed by atoms with Crippen molar-refractivity contribution in [2.24, 2.45) is 0 Å². The third-order valence-electron chi connectivity index (χ3n) is 4.52. The van der Waals surface area contributed by atoms with Gasteiger partial charge in [-0.25, -0.2) is 14.6 Å². The van der Waals surface area contributed by atoms with Gasteiger partial charge in [-0.1, -0.05) is 23.2 Å². The van der Waals surface area contributed by atoms with Crippen molar-refractivity contribution in [1.82, 2.24) is 4.98 Å². The van der Waals surface area contributed by atoms with Crippen LogP contribution >= 0.6 is 23.2 Å². The van der Waals surface area contributed by atoms with Crippen LogP contribution in [0.5, 0.6) is 17.2 Å². The van der Waals surface area contributed by atoms with E-state index in [1.807, 2.05) is 0 Å². The average Bonchev–Trinajstić information content (AvgIpc) is 3.37. The van der Waals surface area contributed by atoms with Gasteiger partial charge in [0.05, 0.1) is 25.0 Å². The zero-order chi connectivity index (χ0) is 23.9. The van der Waals surface area contributed by atoms with Crippen LogP contribution in [0, 0.1) is 0 Å². The number of ether oxygens (including phenoxy) is 3. The first-order chi connectivity index (χ1) is 15.7. The number of carbonyl (C=O) groups is 2. The van der Waals surface area contributed by atoms with E-state index >= 15 is 0 Å². The fourth-order valence-electron chi connectivity index (χ4n) is 3.09. The van der Waals surface area contributed by atoms with E-state index in [2.05, 4.69) is 10.3 Å². The molecule has 0 unspecified atom stereocenters. The summed E-state index contributed by atoms with van der Waals surface area (Å²) in [5.41, 5.74) is 0.267. The summed E-state index contributed by atoms with van der Waals surface area (Å²) in [7, 11) is 0. The van der Waals surface area contributed by atoms with Crippen molar-refractivity contribution in [3.05, 3.63) is 45.1 Å².